The van der Waals surface area contributed by atoms with Crippen LogP contribution >= 0.6 is 43.5 Å². The van der Waals surface area contributed by atoms with Crippen molar-refractivity contribution in [2.24, 2.45) is 0 Å². The first-order valence-electron chi connectivity index (χ1n) is 5.68. The minimum atomic E-state index is -0.195. The Balaban J connectivity index is 2.22. The van der Waals surface area contributed by atoms with E-state index in [0.717, 1.165) is 20.2 Å². The lowest BCUT2D eigenvalue weighted by Crippen LogP contribution is -2.14. The molecule has 2 aromatic carbocycles. The Morgan fingerprint density at radius 2 is 1.95 bits per heavy atom. The highest BCUT2D eigenvalue weighted by Gasteiger charge is 2.11. The van der Waals surface area contributed by atoms with Gasteiger partial charge >= 0.3 is 0 Å². The number of hydrogen-bond donors (Lipinski definition) is 2. The van der Waals surface area contributed by atoms with Crippen LogP contribution in [0.1, 0.15) is 11.6 Å². The van der Waals surface area contributed by atoms with Gasteiger partial charge in [0.05, 0.1) is 17.7 Å². The van der Waals surface area contributed by atoms with E-state index in [4.69, 9.17) is 11.6 Å². The number of aliphatic hydroxyl groups is 1. The predicted octanol–water partition coefficient (Wildman–Crippen LogP) is 5.01. The van der Waals surface area contributed by atoms with Crippen molar-refractivity contribution in [2.45, 2.75) is 6.04 Å². The van der Waals surface area contributed by atoms with E-state index in [1.54, 1.807) is 0 Å². The summed E-state index contributed by atoms with van der Waals surface area (Å²) in [5.74, 6) is 0. The molecule has 100 valence electrons. The van der Waals surface area contributed by atoms with Crippen LogP contribution in [0.3, 0.4) is 0 Å². The second-order valence-electron chi connectivity index (χ2n) is 4.06. The van der Waals surface area contributed by atoms with Crippen LogP contribution in [0.15, 0.2) is 51.4 Å². The highest BCUT2D eigenvalue weighted by Crippen LogP contribution is 2.28. The molecule has 0 saturated carbocycles. The lowest BCUT2D eigenvalue weighted by molar-refractivity contribution is 0.276. The Morgan fingerprint density at radius 3 is 2.58 bits per heavy atom. The summed E-state index contributed by atoms with van der Waals surface area (Å²) in [4.78, 5) is 0. The molecule has 1 unspecified atom stereocenters. The van der Waals surface area contributed by atoms with E-state index in [0.29, 0.717) is 5.02 Å². The van der Waals surface area contributed by atoms with Crippen LogP contribution in [-0.4, -0.2) is 11.7 Å². The number of anilines is 1. The molecule has 0 amide bonds. The van der Waals surface area contributed by atoms with Crippen molar-refractivity contribution in [2.75, 3.05) is 11.9 Å². The zero-order valence-corrected chi connectivity index (χ0v) is 13.8. The van der Waals surface area contributed by atoms with Crippen molar-refractivity contribution in [1.29, 1.82) is 0 Å². The van der Waals surface area contributed by atoms with Crippen molar-refractivity contribution in [3.8, 4) is 0 Å². The maximum absolute atomic E-state index is 9.54. The monoisotopic (exact) mass is 403 g/mol. The third kappa shape index (κ3) is 3.96. The van der Waals surface area contributed by atoms with Gasteiger partial charge < -0.3 is 10.4 Å². The molecule has 0 heterocycles. The minimum Gasteiger partial charge on any atom is -0.394 e. The van der Waals surface area contributed by atoms with Gasteiger partial charge in [0, 0.05) is 14.6 Å². The quantitative estimate of drug-likeness (QED) is 0.749. The summed E-state index contributed by atoms with van der Waals surface area (Å²) >= 11 is 12.9. The van der Waals surface area contributed by atoms with Crippen molar-refractivity contribution in [3.63, 3.8) is 0 Å². The Kier molecular flexibility index (Phi) is 5.28. The number of halogens is 3. The van der Waals surface area contributed by atoms with Crippen LogP contribution in [0.5, 0.6) is 0 Å². The molecule has 0 aliphatic rings. The highest BCUT2D eigenvalue weighted by atomic mass is 79.9. The Morgan fingerprint density at radius 1 is 1.16 bits per heavy atom. The molecule has 0 saturated heterocycles. The van der Waals surface area contributed by atoms with Crippen LogP contribution < -0.4 is 5.32 Å². The number of aliphatic hydroxyl groups excluding tert-OH is 1. The standard InChI is InChI=1S/C14H12Br2ClNO/c15-10-2-1-3-11(7-10)18-14(8-19)9-4-5-12(16)13(17)6-9/h1-7,14,18-19H,8H2. The van der Waals surface area contributed by atoms with E-state index in [1.807, 2.05) is 42.5 Å². The van der Waals surface area contributed by atoms with Gasteiger partial charge in [-0.1, -0.05) is 39.7 Å². The number of benzene rings is 2. The molecule has 2 nitrogen and oxygen atoms in total. The molecule has 1 atom stereocenters. The van der Waals surface area contributed by atoms with Gasteiger partial charge in [0.1, 0.15) is 0 Å². The smallest absolute Gasteiger partial charge is 0.0745 e. The van der Waals surface area contributed by atoms with Crippen LogP contribution in [0.4, 0.5) is 5.69 Å². The second-order valence-corrected chi connectivity index (χ2v) is 6.24. The van der Waals surface area contributed by atoms with E-state index in [2.05, 4.69) is 37.2 Å². The predicted molar refractivity (Wildman–Crippen MR) is 86.7 cm³/mol. The molecule has 0 aromatic heterocycles. The molecular formula is C14H12Br2ClNO. The summed E-state index contributed by atoms with van der Waals surface area (Å²) in [6.07, 6.45) is 0. The molecule has 2 aromatic rings. The van der Waals surface area contributed by atoms with E-state index in [-0.39, 0.29) is 12.6 Å². The van der Waals surface area contributed by atoms with E-state index in [9.17, 15) is 5.11 Å². The third-order valence-corrected chi connectivity index (χ3v) is 4.42. The molecule has 2 N–H and O–H groups in total. The lowest BCUT2D eigenvalue weighted by Gasteiger charge is -2.18. The van der Waals surface area contributed by atoms with Crippen LogP contribution in [0.25, 0.3) is 0 Å². The van der Waals surface area contributed by atoms with Gasteiger partial charge in [-0.2, -0.15) is 0 Å². The molecule has 0 fully saturated rings. The Labute approximate surface area is 134 Å². The lowest BCUT2D eigenvalue weighted by atomic mass is 10.1. The van der Waals surface area contributed by atoms with Crippen molar-refractivity contribution < 1.29 is 5.11 Å². The van der Waals surface area contributed by atoms with E-state index < -0.39 is 0 Å². The molecular weight excluding hydrogens is 393 g/mol. The summed E-state index contributed by atoms with van der Waals surface area (Å²) in [6, 6.07) is 13.3. The summed E-state index contributed by atoms with van der Waals surface area (Å²) in [6.45, 7) is -0.00945. The van der Waals surface area contributed by atoms with Crippen molar-refractivity contribution >= 4 is 49.1 Å². The SMILES string of the molecule is OCC(Nc1cccc(Br)c1)c1ccc(Br)c(Cl)c1. The average Bonchev–Trinajstić information content (AvgIpc) is 2.39. The maximum atomic E-state index is 9.54. The molecule has 2 rings (SSSR count). The first-order valence-corrected chi connectivity index (χ1v) is 7.64. The average molecular weight is 406 g/mol. The molecule has 5 heteroatoms. The minimum absolute atomic E-state index is 0.00945. The third-order valence-electron chi connectivity index (χ3n) is 2.69. The molecule has 0 spiro atoms. The van der Waals surface area contributed by atoms with Crippen LogP contribution in [0.2, 0.25) is 5.02 Å². The second kappa shape index (κ2) is 6.75. The Bertz CT molecular complexity index is 577. The van der Waals surface area contributed by atoms with Gasteiger partial charge in [-0.05, 0) is 51.8 Å². The van der Waals surface area contributed by atoms with Gasteiger partial charge in [-0.25, -0.2) is 0 Å². The largest absolute Gasteiger partial charge is 0.394 e. The first kappa shape index (κ1) is 14.9. The van der Waals surface area contributed by atoms with Gasteiger partial charge in [0.15, 0.2) is 0 Å². The Hall–Kier alpha value is -0.550. The molecule has 19 heavy (non-hydrogen) atoms. The van der Waals surface area contributed by atoms with Gasteiger partial charge in [-0.15, -0.1) is 0 Å². The van der Waals surface area contributed by atoms with Gasteiger partial charge in [0.25, 0.3) is 0 Å². The van der Waals surface area contributed by atoms with Crippen molar-refractivity contribution in [1.82, 2.24) is 0 Å². The topological polar surface area (TPSA) is 32.3 Å². The normalized spacial score (nSPS) is 12.2. The van der Waals surface area contributed by atoms with Gasteiger partial charge in [0.2, 0.25) is 0 Å². The first-order chi connectivity index (χ1) is 9.10. The number of nitrogens with one attached hydrogen (secondary N) is 1. The fourth-order valence-corrected chi connectivity index (χ4v) is 2.58. The molecule has 0 aliphatic heterocycles. The zero-order valence-electron chi connectivity index (χ0n) is 9.91. The van der Waals surface area contributed by atoms with Crippen LogP contribution in [0, 0.1) is 0 Å². The molecule has 0 aliphatic carbocycles. The fourth-order valence-electron chi connectivity index (χ4n) is 1.74. The molecule has 0 bridgehead atoms. The maximum Gasteiger partial charge on any atom is 0.0745 e. The van der Waals surface area contributed by atoms with Crippen molar-refractivity contribution in [3.05, 3.63) is 62.0 Å². The number of hydrogen-bond acceptors (Lipinski definition) is 2. The zero-order chi connectivity index (χ0) is 13.8. The summed E-state index contributed by atoms with van der Waals surface area (Å²) in [5.41, 5.74) is 1.88. The molecule has 0 radical (unpaired) electrons. The van der Waals surface area contributed by atoms with E-state index >= 15 is 0 Å². The van der Waals surface area contributed by atoms with Crippen LogP contribution in [-0.2, 0) is 0 Å². The summed E-state index contributed by atoms with van der Waals surface area (Å²) in [5, 5.41) is 13.5. The summed E-state index contributed by atoms with van der Waals surface area (Å²) < 4.78 is 1.83. The summed E-state index contributed by atoms with van der Waals surface area (Å²) in [7, 11) is 0. The van der Waals surface area contributed by atoms with Gasteiger partial charge in [-0.3, -0.25) is 0 Å². The van der Waals surface area contributed by atoms with E-state index in [1.165, 1.54) is 0 Å². The fraction of sp³-hybridized carbons (Fsp3) is 0.143. The number of rotatable bonds is 4. The highest BCUT2D eigenvalue weighted by molar-refractivity contribution is 9.10.